The molecule has 2 aromatic heterocycles. The molecule has 0 aliphatic heterocycles. The lowest BCUT2D eigenvalue weighted by molar-refractivity contribution is 0.602. The number of pyridine rings is 1. The zero-order chi connectivity index (χ0) is 7.68. The molecule has 56 valence electrons. The molecule has 4 nitrogen and oxygen atoms in total. The molecule has 2 aromatic rings. The largest absolute Gasteiger partial charge is 0.322 e. The van der Waals surface area contributed by atoms with Crippen molar-refractivity contribution in [2.24, 2.45) is 0 Å². The fourth-order valence-corrected chi connectivity index (χ4v) is 1.26. The van der Waals surface area contributed by atoms with E-state index in [-0.39, 0.29) is 0 Å². The van der Waals surface area contributed by atoms with Gasteiger partial charge in [-0.2, -0.15) is 0 Å². The first-order valence-electron chi connectivity index (χ1n) is 3.17. The van der Waals surface area contributed by atoms with Crippen LogP contribution in [-0.4, -0.2) is 14.6 Å². The highest BCUT2D eigenvalue weighted by Crippen LogP contribution is 1.97. The average molecular weight is 167 g/mol. The topological polar surface area (TPSA) is 47.3 Å². The Bertz CT molecular complexity index is 364. The zero-order valence-electron chi connectivity index (χ0n) is 5.64. The van der Waals surface area contributed by atoms with Crippen LogP contribution in [0, 0.1) is 0 Å². The van der Waals surface area contributed by atoms with Gasteiger partial charge in [0.25, 0.3) is 0 Å². The summed E-state index contributed by atoms with van der Waals surface area (Å²) in [5, 5.41) is 3.96. The number of nitrogens with zero attached hydrogens (tertiary/aromatic N) is 3. The Morgan fingerprint density at radius 1 is 1.45 bits per heavy atom. The summed E-state index contributed by atoms with van der Waals surface area (Å²) in [4.78, 5) is 4.01. The fourth-order valence-electron chi connectivity index (χ4n) is 0.899. The smallest absolute Gasteiger partial charge is 0.205 e. The van der Waals surface area contributed by atoms with Gasteiger partial charge >= 0.3 is 0 Å². The zero-order valence-corrected chi connectivity index (χ0v) is 6.79. The molecule has 0 N–H and O–H groups in total. The third-order valence-electron chi connectivity index (χ3n) is 1.36. The minimum Gasteiger partial charge on any atom is -0.322 e. The van der Waals surface area contributed by atoms with Gasteiger partial charge in [0.15, 0.2) is 5.65 Å². The van der Waals surface area contributed by atoms with Crippen LogP contribution in [0.15, 0.2) is 24.4 Å². The van der Waals surface area contributed by atoms with Gasteiger partial charge in [-0.1, -0.05) is 6.07 Å². The summed E-state index contributed by atoms with van der Waals surface area (Å²) in [5.41, 5.74) is 1.17. The molecular weight excluding hydrogens is 161 g/mol. The number of hydrogen-bond donors (Lipinski definition) is 0. The molecule has 5 heteroatoms. The van der Waals surface area contributed by atoms with Crippen LogP contribution in [0.4, 0.5) is 0 Å². The van der Waals surface area contributed by atoms with Crippen molar-refractivity contribution in [1.82, 2.24) is 14.6 Å². The number of fused-ring (bicyclic) bond motifs is 1. The Balaban J connectivity index is 2.78. The second-order valence-corrected chi connectivity index (χ2v) is 2.84. The van der Waals surface area contributed by atoms with Gasteiger partial charge in [-0.15, -0.1) is 5.10 Å². The van der Waals surface area contributed by atoms with Crippen LogP contribution >= 0.6 is 8.46 Å². The van der Waals surface area contributed by atoms with E-state index in [9.17, 15) is 4.57 Å². The summed E-state index contributed by atoms with van der Waals surface area (Å²) in [5.74, 6) is 0. The highest BCUT2D eigenvalue weighted by molar-refractivity contribution is 7.33. The van der Waals surface area contributed by atoms with E-state index in [1.165, 1.54) is 0 Å². The van der Waals surface area contributed by atoms with Crippen LogP contribution in [0.2, 0.25) is 0 Å². The Morgan fingerprint density at radius 2 is 2.36 bits per heavy atom. The molecule has 0 fully saturated rings. The summed E-state index contributed by atoms with van der Waals surface area (Å²) in [6.45, 7) is 0. The van der Waals surface area contributed by atoms with Crippen molar-refractivity contribution in [2.45, 2.75) is 0 Å². The second kappa shape index (κ2) is 2.47. The highest BCUT2D eigenvalue weighted by Gasteiger charge is 1.97. The summed E-state index contributed by atoms with van der Waals surface area (Å²) in [6, 6.07) is 5.55. The maximum absolute atomic E-state index is 10.4. The van der Waals surface area contributed by atoms with E-state index in [4.69, 9.17) is 0 Å². The van der Waals surface area contributed by atoms with Gasteiger partial charge in [0, 0.05) is 6.20 Å². The lowest BCUT2D eigenvalue weighted by Gasteiger charge is -1.84. The van der Waals surface area contributed by atoms with E-state index in [0.29, 0.717) is 5.57 Å². The van der Waals surface area contributed by atoms with Crippen LogP contribution in [0.1, 0.15) is 0 Å². The molecule has 0 aromatic carbocycles. The monoisotopic (exact) mass is 167 g/mol. The van der Waals surface area contributed by atoms with Crippen molar-refractivity contribution >= 4 is 19.7 Å². The van der Waals surface area contributed by atoms with Gasteiger partial charge < -0.3 is 4.57 Å². The summed E-state index contributed by atoms with van der Waals surface area (Å²) < 4.78 is 12.1. The Labute approximate surface area is 64.1 Å². The molecule has 1 atom stereocenters. The Hall–Kier alpha value is -1.15. The third-order valence-corrected chi connectivity index (χ3v) is 1.82. The van der Waals surface area contributed by atoms with Gasteiger partial charge in [-0.25, -0.2) is 9.50 Å². The molecule has 0 radical (unpaired) electrons. The highest BCUT2D eigenvalue weighted by atomic mass is 31.1. The SMILES string of the molecule is O=[PH2]c1nc2ccccn2n1. The first kappa shape index (κ1) is 6.55. The Morgan fingerprint density at radius 3 is 3.09 bits per heavy atom. The summed E-state index contributed by atoms with van der Waals surface area (Å²) in [7, 11) is -1.02. The Kier molecular flexibility index (Phi) is 1.47. The summed E-state index contributed by atoms with van der Waals surface area (Å²) >= 11 is 0. The quantitative estimate of drug-likeness (QED) is 0.566. The van der Waals surface area contributed by atoms with Crippen molar-refractivity contribution < 1.29 is 4.57 Å². The maximum atomic E-state index is 10.4. The van der Waals surface area contributed by atoms with Gasteiger partial charge in [-0.05, 0) is 12.1 Å². The minimum atomic E-state index is -1.02. The van der Waals surface area contributed by atoms with E-state index >= 15 is 0 Å². The van der Waals surface area contributed by atoms with E-state index < -0.39 is 8.46 Å². The lowest BCUT2D eigenvalue weighted by Crippen LogP contribution is -1.95. The minimum absolute atomic E-state index is 0.427. The van der Waals surface area contributed by atoms with E-state index in [1.54, 1.807) is 10.7 Å². The molecule has 0 spiro atoms. The molecule has 0 aliphatic rings. The standard InChI is InChI=1S/C6H6N3OP/c10-11-6-7-5-3-1-2-4-9(5)8-6/h1-4H,11H2. The summed E-state index contributed by atoms with van der Waals surface area (Å²) in [6.07, 6.45) is 1.78. The van der Waals surface area contributed by atoms with Crippen molar-refractivity contribution in [3.63, 3.8) is 0 Å². The second-order valence-electron chi connectivity index (χ2n) is 2.09. The molecule has 0 saturated heterocycles. The molecule has 1 unspecified atom stereocenters. The molecule has 2 heterocycles. The van der Waals surface area contributed by atoms with E-state index in [0.717, 1.165) is 5.65 Å². The molecule has 11 heavy (non-hydrogen) atoms. The predicted molar refractivity (Wildman–Crippen MR) is 43.0 cm³/mol. The van der Waals surface area contributed by atoms with Crippen LogP contribution in [-0.2, 0) is 4.57 Å². The van der Waals surface area contributed by atoms with Crippen LogP contribution < -0.4 is 5.57 Å². The van der Waals surface area contributed by atoms with Crippen molar-refractivity contribution in [3.05, 3.63) is 24.4 Å². The van der Waals surface area contributed by atoms with Gasteiger partial charge in [0.2, 0.25) is 5.57 Å². The molecular formula is C6H6N3OP. The third kappa shape index (κ3) is 1.05. The maximum Gasteiger partial charge on any atom is 0.205 e. The molecule has 0 aliphatic carbocycles. The van der Waals surface area contributed by atoms with Gasteiger partial charge in [0.1, 0.15) is 8.46 Å². The number of hydrogen-bond acceptors (Lipinski definition) is 3. The van der Waals surface area contributed by atoms with Gasteiger partial charge in [0.05, 0.1) is 0 Å². The van der Waals surface area contributed by atoms with Crippen LogP contribution in [0.5, 0.6) is 0 Å². The molecule has 2 rings (SSSR count). The van der Waals surface area contributed by atoms with E-state index in [2.05, 4.69) is 10.1 Å². The van der Waals surface area contributed by atoms with Crippen molar-refractivity contribution in [3.8, 4) is 0 Å². The number of aromatic nitrogens is 3. The fraction of sp³-hybridized carbons (Fsp3) is 0. The first-order chi connectivity index (χ1) is 5.40. The van der Waals surface area contributed by atoms with Crippen LogP contribution in [0.25, 0.3) is 5.65 Å². The predicted octanol–water partition coefficient (Wildman–Crippen LogP) is 0.111. The average Bonchev–Trinajstić information content (AvgIpc) is 2.46. The van der Waals surface area contributed by atoms with Crippen molar-refractivity contribution in [2.75, 3.05) is 0 Å². The normalized spacial score (nSPS) is 11.6. The molecule has 0 bridgehead atoms. The van der Waals surface area contributed by atoms with Crippen molar-refractivity contribution in [1.29, 1.82) is 0 Å². The van der Waals surface area contributed by atoms with E-state index in [1.807, 2.05) is 18.2 Å². The molecule has 0 amide bonds. The number of rotatable bonds is 1. The van der Waals surface area contributed by atoms with Crippen LogP contribution in [0.3, 0.4) is 0 Å². The molecule has 0 saturated carbocycles. The lowest BCUT2D eigenvalue weighted by atomic mass is 10.5. The van der Waals surface area contributed by atoms with Gasteiger partial charge in [-0.3, -0.25) is 0 Å². The first-order valence-corrected chi connectivity index (χ1v) is 4.21.